The van der Waals surface area contributed by atoms with Crippen molar-refractivity contribution in [3.8, 4) is 0 Å². The van der Waals surface area contributed by atoms with Gasteiger partial charge in [-0.25, -0.2) is 0 Å². The lowest BCUT2D eigenvalue weighted by atomic mass is 10.2. The van der Waals surface area contributed by atoms with E-state index >= 15 is 0 Å². The topological polar surface area (TPSA) is 20.2 Å². The third kappa shape index (κ3) is 2.48. The Balaban J connectivity index is 2.85. The van der Waals surface area contributed by atoms with Crippen LogP contribution in [0.15, 0.2) is 36.4 Å². The predicted octanol–water partition coefficient (Wildman–Crippen LogP) is 2.41. The zero-order chi connectivity index (χ0) is 8.10. The number of aliphatic hydroxyl groups is 1. The van der Waals surface area contributed by atoms with Crippen molar-refractivity contribution in [3.05, 3.63) is 42.0 Å². The molecule has 0 fully saturated rings. The lowest BCUT2D eigenvalue weighted by molar-refractivity contribution is 0.343. The molecule has 0 bridgehead atoms. The predicted molar refractivity (Wildman–Crippen MR) is 50.4 cm³/mol. The van der Waals surface area contributed by atoms with Crippen molar-refractivity contribution in [1.29, 1.82) is 0 Å². The zero-order valence-electron chi connectivity index (χ0n) is 6.00. The van der Waals surface area contributed by atoms with Crippen LogP contribution in [0.5, 0.6) is 0 Å². The molecule has 0 saturated carbocycles. The Labute approximate surface area is 74.5 Å². The molecule has 1 nitrogen and oxygen atoms in total. The molecule has 1 aromatic carbocycles. The van der Waals surface area contributed by atoms with Gasteiger partial charge in [0.15, 0.2) is 0 Å². The van der Waals surface area contributed by atoms with Gasteiger partial charge >= 0.3 is 0 Å². The third-order valence-electron chi connectivity index (χ3n) is 1.32. The number of rotatable bonds is 2. The Kier molecular flexibility index (Phi) is 3.33. The number of aliphatic hydroxyl groups excluding tert-OH is 1. The van der Waals surface area contributed by atoms with Gasteiger partial charge in [-0.3, -0.25) is 0 Å². The second kappa shape index (κ2) is 4.31. The minimum Gasteiger partial charge on any atom is -0.392 e. The molecule has 0 radical (unpaired) electrons. The average molecular weight is 213 g/mol. The van der Waals surface area contributed by atoms with Crippen LogP contribution in [0.4, 0.5) is 0 Å². The third-order valence-corrected chi connectivity index (χ3v) is 2.10. The summed E-state index contributed by atoms with van der Waals surface area (Å²) >= 11 is 3.35. The van der Waals surface area contributed by atoms with E-state index in [9.17, 15) is 0 Å². The molecule has 0 saturated heterocycles. The Morgan fingerprint density at radius 2 is 2.00 bits per heavy atom. The Bertz CT molecular complexity index is 241. The first kappa shape index (κ1) is 8.50. The van der Waals surface area contributed by atoms with Crippen LogP contribution in [0.2, 0.25) is 0 Å². The lowest BCUT2D eigenvalue weighted by Gasteiger charge is -1.96. The normalized spacial score (nSPS) is 11.6. The Morgan fingerprint density at radius 1 is 1.36 bits per heavy atom. The standard InChI is InChI=1S/C9H9BrO/c10-9(6-7-11)8-4-2-1-3-5-8/h1-6,11H,7H2/b9-6+. The number of halogens is 1. The van der Waals surface area contributed by atoms with Gasteiger partial charge < -0.3 is 5.11 Å². The number of hydrogen-bond acceptors (Lipinski definition) is 1. The van der Waals surface area contributed by atoms with Gasteiger partial charge in [-0.2, -0.15) is 0 Å². The van der Waals surface area contributed by atoms with Crippen molar-refractivity contribution in [2.24, 2.45) is 0 Å². The highest BCUT2D eigenvalue weighted by atomic mass is 79.9. The van der Waals surface area contributed by atoms with E-state index in [1.54, 1.807) is 6.08 Å². The first-order valence-corrected chi connectivity index (χ1v) is 4.16. The van der Waals surface area contributed by atoms with Gasteiger partial charge in [0.2, 0.25) is 0 Å². The highest BCUT2D eigenvalue weighted by Gasteiger charge is 1.92. The lowest BCUT2D eigenvalue weighted by Crippen LogP contribution is -1.77. The second-order valence-electron chi connectivity index (χ2n) is 2.10. The molecule has 0 heterocycles. The minimum absolute atomic E-state index is 0.0650. The summed E-state index contributed by atoms with van der Waals surface area (Å²) in [5, 5.41) is 8.59. The van der Waals surface area contributed by atoms with Crippen molar-refractivity contribution in [2.75, 3.05) is 6.61 Å². The second-order valence-corrected chi connectivity index (χ2v) is 2.95. The van der Waals surface area contributed by atoms with E-state index in [-0.39, 0.29) is 6.61 Å². The molecular weight excluding hydrogens is 204 g/mol. The highest BCUT2D eigenvalue weighted by Crippen LogP contribution is 2.19. The van der Waals surface area contributed by atoms with Crippen LogP contribution in [0, 0.1) is 0 Å². The van der Waals surface area contributed by atoms with Gasteiger partial charge in [0.05, 0.1) is 6.61 Å². The fourth-order valence-electron chi connectivity index (χ4n) is 0.795. The molecular formula is C9H9BrO. The maximum Gasteiger partial charge on any atom is 0.0626 e. The first-order valence-electron chi connectivity index (χ1n) is 3.36. The average Bonchev–Trinajstić information content (AvgIpc) is 2.07. The molecule has 11 heavy (non-hydrogen) atoms. The molecule has 0 spiro atoms. The van der Waals surface area contributed by atoms with Crippen LogP contribution in [-0.4, -0.2) is 11.7 Å². The fraction of sp³-hybridized carbons (Fsp3) is 0.111. The van der Waals surface area contributed by atoms with Crippen molar-refractivity contribution >= 4 is 20.4 Å². The van der Waals surface area contributed by atoms with Crippen molar-refractivity contribution in [1.82, 2.24) is 0 Å². The minimum atomic E-state index is 0.0650. The molecule has 58 valence electrons. The summed E-state index contributed by atoms with van der Waals surface area (Å²) in [7, 11) is 0. The summed E-state index contributed by atoms with van der Waals surface area (Å²) in [6.45, 7) is 0.0650. The van der Waals surface area contributed by atoms with Crippen molar-refractivity contribution in [3.63, 3.8) is 0 Å². The summed E-state index contributed by atoms with van der Waals surface area (Å²) < 4.78 is 0.931. The van der Waals surface area contributed by atoms with Crippen LogP contribution in [0.25, 0.3) is 4.48 Å². The summed E-state index contributed by atoms with van der Waals surface area (Å²) in [5.41, 5.74) is 1.08. The van der Waals surface area contributed by atoms with Gasteiger partial charge in [-0.1, -0.05) is 46.3 Å². The summed E-state index contributed by atoms with van der Waals surface area (Å²) in [5.74, 6) is 0. The molecule has 0 aliphatic carbocycles. The molecule has 0 unspecified atom stereocenters. The smallest absolute Gasteiger partial charge is 0.0626 e. The summed E-state index contributed by atoms with van der Waals surface area (Å²) in [6.07, 6.45) is 1.72. The molecule has 2 heteroatoms. The van der Waals surface area contributed by atoms with Crippen molar-refractivity contribution in [2.45, 2.75) is 0 Å². The van der Waals surface area contributed by atoms with Gasteiger partial charge in [0.1, 0.15) is 0 Å². The van der Waals surface area contributed by atoms with E-state index in [0.29, 0.717) is 0 Å². The van der Waals surface area contributed by atoms with Crippen molar-refractivity contribution < 1.29 is 5.11 Å². The number of hydrogen-bond donors (Lipinski definition) is 1. The Hall–Kier alpha value is -0.600. The molecule has 0 aromatic heterocycles. The molecule has 1 aromatic rings. The molecule has 0 aliphatic heterocycles. The molecule has 0 amide bonds. The van der Waals surface area contributed by atoms with E-state index in [4.69, 9.17) is 5.11 Å². The van der Waals surface area contributed by atoms with E-state index in [1.807, 2.05) is 30.3 Å². The number of benzene rings is 1. The molecule has 0 aliphatic rings. The maximum absolute atomic E-state index is 8.59. The SMILES string of the molecule is OC/C=C(/Br)c1ccccc1. The quantitative estimate of drug-likeness (QED) is 0.799. The maximum atomic E-state index is 8.59. The molecule has 1 rings (SSSR count). The fourth-order valence-corrected chi connectivity index (χ4v) is 1.20. The van der Waals surface area contributed by atoms with Crippen LogP contribution in [0.3, 0.4) is 0 Å². The highest BCUT2D eigenvalue weighted by molar-refractivity contribution is 9.15. The van der Waals surface area contributed by atoms with E-state index in [2.05, 4.69) is 15.9 Å². The van der Waals surface area contributed by atoms with E-state index < -0.39 is 0 Å². The monoisotopic (exact) mass is 212 g/mol. The van der Waals surface area contributed by atoms with Crippen LogP contribution >= 0.6 is 15.9 Å². The van der Waals surface area contributed by atoms with Crippen LogP contribution in [-0.2, 0) is 0 Å². The van der Waals surface area contributed by atoms with Crippen LogP contribution < -0.4 is 0 Å². The first-order chi connectivity index (χ1) is 5.34. The largest absolute Gasteiger partial charge is 0.392 e. The van der Waals surface area contributed by atoms with Gasteiger partial charge in [0, 0.05) is 4.48 Å². The van der Waals surface area contributed by atoms with Gasteiger partial charge in [-0.05, 0) is 11.6 Å². The zero-order valence-corrected chi connectivity index (χ0v) is 7.58. The van der Waals surface area contributed by atoms with Gasteiger partial charge in [-0.15, -0.1) is 0 Å². The van der Waals surface area contributed by atoms with E-state index in [1.165, 1.54) is 0 Å². The van der Waals surface area contributed by atoms with E-state index in [0.717, 1.165) is 10.0 Å². The molecule has 0 atom stereocenters. The Morgan fingerprint density at radius 3 is 2.55 bits per heavy atom. The summed E-state index contributed by atoms with van der Waals surface area (Å²) in [4.78, 5) is 0. The summed E-state index contributed by atoms with van der Waals surface area (Å²) in [6, 6.07) is 9.85. The van der Waals surface area contributed by atoms with Gasteiger partial charge in [0.25, 0.3) is 0 Å². The van der Waals surface area contributed by atoms with Crippen LogP contribution in [0.1, 0.15) is 5.56 Å². The molecule has 1 N–H and O–H groups in total.